The second-order valence-electron chi connectivity index (χ2n) is 6.34. The van der Waals surface area contributed by atoms with Gasteiger partial charge in [0, 0.05) is 23.7 Å². The molecule has 3 rings (SSSR count). The second-order valence-corrected chi connectivity index (χ2v) is 6.34. The average Bonchev–Trinajstić information content (AvgIpc) is 3.09. The maximum Gasteiger partial charge on any atom is 0.252 e. The highest BCUT2D eigenvalue weighted by Crippen LogP contribution is 2.18. The van der Waals surface area contributed by atoms with Crippen molar-refractivity contribution in [2.45, 2.75) is 26.3 Å². The van der Waals surface area contributed by atoms with E-state index < -0.39 is 0 Å². The van der Waals surface area contributed by atoms with Crippen LogP contribution in [-0.4, -0.2) is 30.8 Å². The lowest BCUT2D eigenvalue weighted by Crippen LogP contribution is -2.36. The largest absolute Gasteiger partial charge is 0.348 e. The predicted octanol–water partition coefficient (Wildman–Crippen LogP) is 2.63. The van der Waals surface area contributed by atoms with Crippen LogP contribution in [0, 0.1) is 13.8 Å². The van der Waals surface area contributed by atoms with Crippen LogP contribution in [0.4, 0.5) is 0 Å². The van der Waals surface area contributed by atoms with Gasteiger partial charge in [0.15, 0.2) is 5.78 Å². The Labute approximate surface area is 142 Å². The maximum atomic E-state index is 12.9. The molecule has 124 valence electrons. The molecule has 4 heteroatoms. The number of carbonyl (C=O) groups excluding carboxylic acids is 2. The van der Waals surface area contributed by atoms with Gasteiger partial charge in [0.2, 0.25) is 0 Å². The van der Waals surface area contributed by atoms with Gasteiger partial charge in [0.25, 0.3) is 5.91 Å². The zero-order valence-corrected chi connectivity index (χ0v) is 14.1. The summed E-state index contributed by atoms with van der Waals surface area (Å²) in [5, 5.41) is 6.23. The lowest BCUT2D eigenvalue weighted by molar-refractivity contribution is 0.0929. The Morgan fingerprint density at radius 2 is 1.79 bits per heavy atom. The molecule has 2 N–H and O–H groups in total. The van der Waals surface area contributed by atoms with Crippen LogP contribution in [0.25, 0.3) is 0 Å². The minimum Gasteiger partial charge on any atom is -0.348 e. The third-order valence-corrected chi connectivity index (χ3v) is 4.58. The van der Waals surface area contributed by atoms with Crippen molar-refractivity contribution in [2.75, 3.05) is 13.1 Å². The molecular formula is C20H22N2O2. The van der Waals surface area contributed by atoms with E-state index in [1.54, 1.807) is 24.3 Å². The van der Waals surface area contributed by atoms with Crippen molar-refractivity contribution in [3.05, 3.63) is 70.3 Å². The van der Waals surface area contributed by atoms with E-state index in [1.807, 2.05) is 32.0 Å². The van der Waals surface area contributed by atoms with E-state index in [0.717, 1.165) is 30.6 Å². The van der Waals surface area contributed by atoms with Crippen LogP contribution in [0.1, 0.15) is 43.8 Å². The van der Waals surface area contributed by atoms with E-state index in [2.05, 4.69) is 10.6 Å². The Hall–Kier alpha value is -2.46. The van der Waals surface area contributed by atoms with Gasteiger partial charge >= 0.3 is 0 Å². The summed E-state index contributed by atoms with van der Waals surface area (Å²) in [6, 6.07) is 12.8. The molecule has 2 aromatic carbocycles. The van der Waals surface area contributed by atoms with Crippen molar-refractivity contribution in [2.24, 2.45) is 0 Å². The molecule has 1 fully saturated rings. The highest BCUT2D eigenvalue weighted by atomic mass is 16.2. The molecule has 24 heavy (non-hydrogen) atoms. The summed E-state index contributed by atoms with van der Waals surface area (Å²) in [4.78, 5) is 25.5. The first kappa shape index (κ1) is 16.4. The number of hydrogen-bond donors (Lipinski definition) is 2. The first-order valence-corrected chi connectivity index (χ1v) is 8.29. The number of carbonyl (C=O) groups is 2. The molecular weight excluding hydrogens is 300 g/mol. The van der Waals surface area contributed by atoms with Gasteiger partial charge < -0.3 is 10.6 Å². The van der Waals surface area contributed by atoms with Crippen LogP contribution in [0.3, 0.4) is 0 Å². The van der Waals surface area contributed by atoms with Crippen molar-refractivity contribution < 1.29 is 9.59 Å². The van der Waals surface area contributed by atoms with Gasteiger partial charge in [-0.3, -0.25) is 9.59 Å². The summed E-state index contributed by atoms with van der Waals surface area (Å²) in [6.07, 6.45) is 0.916. The number of benzene rings is 2. The monoisotopic (exact) mass is 322 g/mol. The van der Waals surface area contributed by atoms with Gasteiger partial charge in [0.1, 0.15) is 0 Å². The van der Waals surface area contributed by atoms with E-state index in [9.17, 15) is 9.59 Å². The summed E-state index contributed by atoms with van der Waals surface area (Å²) in [7, 11) is 0. The van der Waals surface area contributed by atoms with Crippen molar-refractivity contribution in [3.63, 3.8) is 0 Å². The molecule has 2 aromatic rings. The Balaban J connectivity index is 1.88. The summed E-state index contributed by atoms with van der Waals surface area (Å²) in [6.45, 7) is 5.69. The van der Waals surface area contributed by atoms with Gasteiger partial charge in [-0.15, -0.1) is 0 Å². The lowest BCUT2D eigenvalue weighted by atomic mass is 9.95. The highest BCUT2D eigenvalue weighted by molar-refractivity contribution is 6.15. The number of amides is 1. The Bertz CT molecular complexity index is 777. The molecule has 1 amide bonds. The highest BCUT2D eigenvalue weighted by Gasteiger charge is 2.22. The first-order valence-electron chi connectivity index (χ1n) is 8.29. The van der Waals surface area contributed by atoms with Crippen LogP contribution >= 0.6 is 0 Å². The number of aryl methyl sites for hydroxylation is 2. The zero-order valence-electron chi connectivity index (χ0n) is 14.1. The summed E-state index contributed by atoms with van der Waals surface area (Å²) >= 11 is 0. The van der Waals surface area contributed by atoms with E-state index in [4.69, 9.17) is 0 Å². The smallest absolute Gasteiger partial charge is 0.252 e. The molecule has 0 aliphatic carbocycles. The van der Waals surface area contributed by atoms with E-state index in [-0.39, 0.29) is 17.7 Å². The molecule has 1 aliphatic rings. The molecule has 1 saturated heterocycles. The van der Waals surface area contributed by atoms with Crippen molar-refractivity contribution in [3.8, 4) is 0 Å². The average molecular weight is 322 g/mol. The van der Waals surface area contributed by atoms with Gasteiger partial charge in [-0.2, -0.15) is 0 Å². The van der Waals surface area contributed by atoms with E-state index in [0.29, 0.717) is 16.7 Å². The summed E-state index contributed by atoms with van der Waals surface area (Å²) < 4.78 is 0. The third-order valence-electron chi connectivity index (χ3n) is 4.58. The first-order chi connectivity index (χ1) is 11.6. The Kier molecular flexibility index (Phi) is 4.76. The minimum absolute atomic E-state index is 0.117. The molecule has 0 spiro atoms. The maximum absolute atomic E-state index is 12.9. The van der Waals surface area contributed by atoms with Crippen LogP contribution in [0.15, 0.2) is 42.5 Å². The molecule has 1 aliphatic heterocycles. The second kappa shape index (κ2) is 6.97. The molecule has 4 nitrogen and oxygen atoms in total. The summed E-state index contributed by atoms with van der Waals surface area (Å²) in [5.74, 6) is -0.301. The lowest BCUT2D eigenvalue weighted by Gasteiger charge is -2.14. The number of hydrogen-bond acceptors (Lipinski definition) is 3. The van der Waals surface area contributed by atoms with E-state index >= 15 is 0 Å². The number of ketones is 1. The molecule has 0 radical (unpaired) electrons. The van der Waals surface area contributed by atoms with Crippen molar-refractivity contribution in [1.29, 1.82) is 0 Å². The fourth-order valence-corrected chi connectivity index (χ4v) is 2.96. The molecule has 1 heterocycles. The fourth-order valence-electron chi connectivity index (χ4n) is 2.96. The number of nitrogens with one attached hydrogen (secondary N) is 2. The third kappa shape index (κ3) is 3.39. The quantitative estimate of drug-likeness (QED) is 0.851. The number of rotatable bonds is 4. The van der Waals surface area contributed by atoms with Gasteiger partial charge in [-0.05, 0) is 50.1 Å². The van der Waals surface area contributed by atoms with Gasteiger partial charge in [-0.25, -0.2) is 0 Å². The fraction of sp³-hybridized carbons (Fsp3) is 0.300. The van der Waals surface area contributed by atoms with Crippen LogP contribution < -0.4 is 10.6 Å². The molecule has 0 saturated carbocycles. The summed E-state index contributed by atoms with van der Waals surface area (Å²) in [5.41, 5.74) is 3.71. The molecule has 1 atom stereocenters. The van der Waals surface area contributed by atoms with Crippen LogP contribution in [-0.2, 0) is 0 Å². The van der Waals surface area contributed by atoms with Crippen molar-refractivity contribution in [1.82, 2.24) is 10.6 Å². The predicted molar refractivity (Wildman–Crippen MR) is 94.5 cm³/mol. The topological polar surface area (TPSA) is 58.2 Å². The Morgan fingerprint density at radius 3 is 2.46 bits per heavy atom. The SMILES string of the molecule is Cc1ccc(C(=O)c2ccccc2C(=O)NC2CCNC2)cc1C. The zero-order chi connectivity index (χ0) is 17.1. The van der Waals surface area contributed by atoms with Crippen LogP contribution in [0.2, 0.25) is 0 Å². The van der Waals surface area contributed by atoms with Crippen molar-refractivity contribution >= 4 is 11.7 Å². The van der Waals surface area contributed by atoms with Crippen LogP contribution in [0.5, 0.6) is 0 Å². The minimum atomic E-state index is -0.184. The molecule has 0 bridgehead atoms. The Morgan fingerprint density at radius 1 is 1.04 bits per heavy atom. The standard InChI is InChI=1S/C20H22N2O2/c1-13-7-8-15(11-14(13)2)19(23)17-5-3-4-6-18(17)20(24)22-16-9-10-21-12-16/h3-8,11,16,21H,9-10,12H2,1-2H3,(H,22,24). The van der Waals surface area contributed by atoms with Gasteiger partial charge in [-0.1, -0.05) is 30.3 Å². The van der Waals surface area contributed by atoms with E-state index in [1.165, 1.54) is 0 Å². The normalized spacial score (nSPS) is 16.8. The molecule has 0 aromatic heterocycles. The molecule has 1 unspecified atom stereocenters. The van der Waals surface area contributed by atoms with Gasteiger partial charge in [0.05, 0.1) is 5.56 Å².